The van der Waals surface area contributed by atoms with E-state index in [1.807, 2.05) is 10.8 Å². The van der Waals surface area contributed by atoms with Gasteiger partial charge in [-0.3, -0.25) is 0 Å². The molecule has 0 saturated carbocycles. The molecular weight excluding hydrogens is 206 g/mol. The van der Waals surface area contributed by atoms with Gasteiger partial charge < -0.3 is 14.6 Å². The van der Waals surface area contributed by atoms with Crippen molar-refractivity contribution in [2.75, 3.05) is 19.0 Å². The molecule has 2 rings (SSSR count). The molecule has 0 bridgehead atoms. The Bertz CT molecular complexity index is 429. The Morgan fingerprint density at radius 1 is 1.44 bits per heavy atom. The second-order valence-electron chi connectivity index (χ2n) is 3.17. The van der Waals surface area contributed by atoms with E-state index in [9.17, 15) is 0 Å². The van der Waals surface area contributed by atoms with Gasteiger partial charge in [-0.1, -0.05) is 0 Å². The molecule has 0 aliphatic heterocycles. The van der Waals surface area contributed by atoms with Gasteiger partial charge in [-0.05, 0) is 0 Å². The topological polar surface area (TPSA) is 64.9 Å². The van der Waals surface area contributed by atoms with Crippen LogP contribution >= 0.6 is 0 Å². The second kappa shape index (κ2) is 5.11. The molecular formula is C10H13N5O. The van der Waals surface area contributed by atoms with Crippen LogP contribution in [0.1, 0.15) is 0 Å². The molecule has 0 amide bonds. The third-order valence-corrected chi connectivity index (χ3v) is 2.09. The lowest BCUT2D eigenvalue weighted by Gasteiger charge is -2.06. The normalized spacial score (nSPS) is 10.1. The number of methoxy groups -OCH3 is 1. The number of ether oxygens (including phenoxy) is 1. The summed E-state index contributed by atoms with van der Waals surface area (Å²) in [5.74, 6) is 1.31. The van der Waals surface area contributed by atoms with E-state index in [0.717, 1.165) is 18.9 Å². The molecule has 0 unspecified atom stereocenters. The summed E-state index contributed by atoms with van der Waals surface area (Å²) in [7, 11) is 1.58. The molecule has 2 heterocycles. The standard InChI is InChI=1S/C10H13N5O/c1-16-10-6-9(13-7-14-10)12-3-5-15-4-2-11-8-15/h2,4,6-8H,3,5H2,1H3,(H,12,13,14). The number of nitrogens with zero attached hydrogens (tertiary/aromatic N) is 4. The molecule has 0 fully saturated rings. The van der Waals surface area contributed by atoms with Crippen molar-refractivity contribution in [3.05, 3.63) is 31.1 Å². The van der Waals surface area contributed by atoms with Crippen LogP contribution in [-0.4, -0.2) is 33.2 Å². The summed E-state index contributed by atoms with van der Waals surface area (Å²) >= 11 is 0. The van der Waals surface area contributed by atoms with E-state index < -0.39 is 0 Å². The van der Waals surface area contributed by atoms with E-state index in [2.05, 4.69) is 20.3 Å². The van der Waals surface area contributed by atoms with E-state index in [-0.39, 0.29) is 0 Å². The highest BCUT2D eigenvalue weighted by Gasteiger charge is 1.97. The minimum absolute atomic E-state index is 0.556. The number of nitrogens with one attached hydrogen (secondary N) is 1. The molecule has 84 valence electrons. The summed E-state index contributed by atoms with van der Waals surface area (Å²) in [6.07, 6.45) is 6.93. The fourth-order valence-corrected chi connectivity index (χ4v) is 1.28. The average molecular weight is 219 g/mol. The lowest BCUT2D eigenvalue weighted by Crippen LogP contribution is -2.10. The summed E-state index contributed by atoms with van der Waals surface area (Å²) < 4.78 is 6.99. The first-order valence-corrected chi connectivity index (χ1v) is 4.94. The van der Waals surface area contributed by atoms with Crippen LogP contribution in [0.15, 0.2) is 31.1 Å². The van der Waals surface area contributed by atoms with E-state index in [1.165, 1.54) is 6.33 Å². The minimum Gasteiger partial charge on any atom is -0.481 e. The molecule has 2 aromatic rings. The third kappa shape index (κ3) is 2.69. The fraction of sp³-hybridized carbons (Fsp3) is 0.300. The van der Waals surface area contributed by atoms with Crippen molar-refractivity contribution in [2.24, 2.45) is 0 Å². The van der Waals surface area contributed by atoms with Gasteiger partial charge in [0.25, 0.3) is 0 Å². The Labute approximate surface area is 93.3 Å². The van der Waals surface area contributed by atoms with Crippen LogP contribution in [-0.2, 0) is 6.54 Å². The largest absolute Gasteiger partial charge is 0.481 e. The molecule has 0 aliphatic rings. The number of imidazole rings is 1. The molecule has 0 atom stereocenters. The molecule has 0 aromatic carbocycles. The molecule has 16 heavy (non-hydrogen) atoms. The first-order chi connectivity index (χ1) is 7.88. The summed E-state index contributed by atoms with van der Waals surface area (Å²) in [5, 5.41) is 3.18. The summed E-state index contributed by atoms with van der Waals surface area (Å²) in [6, 6.07) is 1.76. The maximum absolute atomic E-state index is 5.00. The van der Waals surface area contributed by atoms with Crippen molar-refractivity contribution in [1.29, 1.82) is 0 Å². The molecule has 1 N–H and O–H groups in total. The molecule has 0 spiro atoms. The van der Waals surface area contributed by atoms with Crippen LogP contribution in [0.2, 0.25) is 0 Å². The first-order valence-electron chi connectivity index (χ1n) is 4.94. The highest BCUT2D eigenvalue weighted by atomic mass is 16.5. The maximum atomic E-state index is 5.00. The Morgan fingerprint density at radius 3 is 3.12 bits per heavy atom. The quantitative estimate of drug-likeness (QED) is 0.805. The number of rotatable bonds is 5. The van der Waals surface area contributed by atoms with Crippen LogP contribution in [0.3, 0.4) is 0 Å². The Balaban J connectivity index is 1.85. The van der Waals surface area contributed by atoms with Gasteiger partial charge in [0, 0.05) is 31.5 Å². The summed E-state index contributed by atoms with van der Waals surface area (Å²) in [6.45, 7) is 1.61. The molecule has 0 saturated heterocycles. The van der Waals surface area contributed by atoms with Gasteiger partial charge in [0.05, 0.1) is 13.4 Å². The zero-order valence-corrected chi connectivity index (χ0v) is 9.00. The number of hydrogen-bond acceptors (Lipinski definition) is 5. The third-order valence-electron chi connectivity index (χ3n) is 2.09. The van der Waals surface area contributed by atoms with Crippen LogP contribution in [0, 0.1) is 0 Å². The first kappa shape index (κ1) is 10.4. The number of anilines is 1. The smallest absolute Gasteiger partial charge is 0.218 e. The molecule has 0 aliphatic carbocycles. The lowest BCUT2D eigenvalue weighted by atomic mass is 10.5. The van der Waals surface area contributed by atoms with Crippen molar-refractivity contribution in [1.82, 2.24) is 19.5 Å². The minimum atomic E-state index is 0.556. The van der Waals surface area contributed by atoms with Crippen molar-refractivity contribution < 1.29 is 4.74 Å². The van der Waals surface area contributed by atoms with Crippen molar-refractivity contribution >= 4 is 5.82 Å². The van der Waals surface area contributed by atoms with E-state index in [1.54, 1.807) is 25.7 Å². The Morgan fingerprint density at radius 2 is 2.38 bits per heavy atom. The molecule has 6 heteroatoms. The Kier molecular flexibility index (Phi) is 3.32. The van der Waals surface area contributed by atoms with Crippen molar-refractivity contribution in [3.8, 4) is 5.88 Å². The van der Waals surface area contributed by atoms with Gasteiger partial charge in [-0.15, -0.1) is 0 Å². The Hall–Kier alpha value is -2.11. The predicted octanol–water partition coefficient (Wildman–Crippen LogP) is 0.794. The average Bonchev–Trinajstić information content (AvgIpc) is 2.82. The van der Waals surface area contributed by atoms with Gasteiger partial charge in [0.15, 0.2) is 0 Å². The SMILES string of the molecule is COc1cc(NCCn2ccnc2)ncn1. The predicted molar refractivity (Wildman–Crippen MR) is 59.3 cm³/mol. The van der Waals surface area contributed by atoms with Crippen LogP contribution in [0.4, 0.5) is 5.82 Å². The molecule has 0 radical (unpaired) electrons. The van der Waals surface area contributed by atoms with Gasteiger partial charge in [-0.2, -0.15) is 0 Å². The van der Waals surface area contributed by atoms with Gasteiger partial charge >= 0.3 is 0 Å². The van der Waals surface area contributed by atoms with Crippen LogP contribution < -0.4 is 10.1 Å². The lowest BCUT2D eigenvalue weighted by molar-refractivity contribution is 0.397. The summed E-state index contributed by atoms with van der Waals surface area (Å²) in [4.78, 5) is 12.0. The van der Waals surface area contributed by atoms with Crippen molar-refractivity contribution in [2.45, 2.75) is 6.54 Å². The zero-order valence-electron chi connectivity index (χ0n) is 9.00. The van der Waals surface area contributed by atoms with Crippen molar-refractivity contribution in [3.63, 3.8) is 0 Å². The number of aromatic nitrogens is 4. The highest BCUT2D eigenvalue weighted by molar-refractivity contribution is 5.36. The zero-order chi connectivity index (χ0) is 11.2. The second-order valence-corrected chi connectivity index (χ2v) is 3.17. The fourth-order valence-electron chi connectivity index (χ4n) is 1.28. The van der Waals surface area contributed by atoms with Gasteiger partial charge in [0.1, 0.15) is 12.1 Å². The van der Waals surface area contributed by atoms with Crippen LogP contribution in [0.5, 0.6) is 5.88 Å². The van der Waals surface area contributed by atoms with E-state index >= 15 is 0 Å². The summed E-state index contributed by atoms with van der Waals surface area (Å²) in [5.41, 5.74) is 0. The monoisotopic (exact) mass is 219 g/mol. The van der Waals surface area contributed by atoms with Gasteiger partial charge in [-0.25, -0.2) is 15.0 Å². The molecule has 6 nitrogen and oxygen atoms in total. The van der Waals surface area contributed by atoms with Crippen LogP contribution in [0.25, 0.3) is 0 Å². The highest BCUT2D eigenvalue weighted by Crippen LogP contribution is 2.09. The molecule has 2 aromatic heterocycles. The van der Waals surface area contributed by atoms with E-state index in [4.69, 9.17) is 4.74 Å². The van der Waals surface area contributed by atoms with Gasteiger partial charge in [0.2, 0.25) is 5.88 Å². The van der Waals surface area contributed by atoms with E-state index in [0.29, 0.717) is 5.88 Å². The maximum Gasteiger partial charge on any atom is 0.218 e. The number of hydrogen-bond donors (Lipinski definition) is 1.